The Balaban J connectivity index is 2.20. The van der Waals surface area contributed by atoms with Crippen LogP contribution in [0.15, 0.2) is 36.4 Å². The van der Waals surface area contributed by atoms with Gasteiger partial charge >= 0.3 is 6.61 Å². The molecule has 2 aromatic rings. The number of amides is 1. The number of rotatable bonds is 5. The van der Waals surface area contributed by atoms with Gasteiger partial charge in [0.05, 0.1) is 7.11 Å². The Labute approximate surface area is 128 Å². The molecule has 0 spiro atoms. The summed E-state index contributed by atoms with van der Waals surface area (Å²) in [5.41, 5.74) is 0.106. The van der Waals surface area contributed by atoms with E-state index in [1.54, 1.807) is 0 Å². The normalized spacial score (nSPS) is 10.5. The predicted molar refractivity (Wildman–Crippen MR) is 73.9 cm³/mol. The van der Waals surface area contributed by atoms with E-state index in [-0.39, 0.29) is 22.7 Å². The van der Waals surface area contributed by atoms with Crippen molar-refractivity contribution in [1.82, 2.24) is 0 Å². The number of halogens is 4. The zero-order valence-electron chi connectivity index (χ0n) is 11.8. The van der Waals surface area contributed by atoms with Crippen LogP contribution in [0.3, 0.4) is 0 Å². The zero-order chi connectivity index (χ0) is 17.0. The summed E-state index contributed by atoms with van der Waals surface area (Å²) in [6.07, 6.45) is 0. The highest BCUT2D eigenvalue weighted by atomic mass is 19.3. The molecule has 0 aliphatic carbocycles. The van der Waals surface area contributed by atoms with E-state index in [4.69, 9.17) is 4.74 Å². The van der Waals surface area contributed by atoms with Gasteiger partial charge < -0.3 is 14.8 Å². The maximum Gasteiger partial charge on any atom is 0.387 e. The van der Waals surface area contributed by atoms with Crippen molar-refractivity contribution >= 4 is 11.6 Å². The SMILES string of the molecule is COc1cc(C(=O)Nc2ccc(F)c(F)c2)ccc1OC(F)F. The fraction of sp³-hybridized carbons (Fsp3) is 0.133. The average molecular weight is 329 g/mol. The molecule has 0 saturated heterocycles. The van der Waals surface area contributed by atoms with Gasteiger partial charge in [0, 0.05) is 17.3 Å². The summed E-state index contributed by atoms with van der Waals surface area (Å²) in [5, 5.41) is 2.35. The van der Waals surface area contributed by atoms with Crippen molar-refractivity contribution < 1.29 is 31.8 Å². The van der Waals surface area contributed by atoms with Crippen LogP contribution in [0.5, 0.6) is 11.5 Å². The molecule has 23 heavy (non-hydrogen) atoms. The Kier molecular flexibility index (Phi) is 5.05. The lowest BCUT2D eigenvalue weighted by Crippen LogP contribution is -2.13. The number of alkyl halides is 2. The maximum atomic E-state index is 13.1. The second-order valence-electron chi connectivity index (χ2n) is 4.33. The topological polar surface area (TPSA) is 47.6 Å². The van der Waals surface area contributed by atoms with Crippen molar-refractivity contribution in [2.24, 2.45) is 0 Å². The van der Waals surface area contributed by atoms with Gasteiger partial charge in [0.2, 0.25) is 0 Å². The molecule has 0 fully saturated rings. The third kappa shape index (κ3) is 4.12. The molecule has 2 aromatic carbocycles. The average Bonchev–Trinajstić information content (AvgIpc) is 2.50. The minimum absolute atomic E-state index is 0.0424. The molecular formula is C15H11F4NO3. The number of nitrogens with one attached hydrogen (secondary N) is 1. The molecule has 0 bridgehead atoms. The van der Waals surface area contributed by atoms with Gasteiger partial charge in [0.15, 0.2) is 23.1 Å². The van der Waals surface area contributed by atoms with E-state index in [9.17, 15) is 22.4 Å². The fourth-order valence-corrected chi connectivity index (χ4v) is 1.78. The fourth-order valence-electron chi connectivity index (χ4n) is 1.78. The number of anilines is 1. The van der Waals surface area contributed by atoms with Crippen molar-refractivity contribution in [3.8, 4) is 11.5 Å². The Bertz CT molecular complexity index is 722. The molecule has 8 heteroatoms. The predicted octanol–water partition coefficient (Wildman–Crippen LogP) is 3.83. The highest BCUT2D eigenvalue weighted by Gasteiger charge is 2.15. The van der Waals surface area contributed by atoms with Crippen molar-refractivity contribution in [2.75, 3.05) is 12.4 Å². The molecule has 122 valence electrons. The van der Waals surface area contributed by atoms with Crippen LogP contribution in [0, 0.1) is 11.6 Å². The molecule has 1 N–H and O–H groups in total. The van der Waals surface area contributed by atoms with Crippen molar-refractivity contribution in [3.05, 3.63) is 53.6 Å². The van der Waals surface area contributed by atoms with Gasteiger partial charge in [-0.3, -0.25) is 4.79 Å². The largest absolute Gasteiger partial charge is 0.493 e. The van der Waals surface area contributed by atoms with Gasteiger partial charge in [0.25, 0.3) is 5.91 Å². The third-order valence-corrected chi connectivity index (χ3v) is 2.82. The summed E-state index contributed by atoms with van der Waals surface area (Å²) in [4.78, 5) is 12.0. The molecule has 0 radical (unpaired) electrons. The summed E-state index contributed by atoms with van der Waals surface area (Å²) >= 11 is 0. The van der Waals surface area contributed by atoms with Crippen molar-refractivity contribution in [1.29, 1.82) is 0 Å². The number of methoxy groups -OCH3 is 1. The lowest BCUT2D eigenvalue weighted by molar-refractivity contribution is -0.0512. The van der Waals surface area contributed by atoms with Crippen LogP contribution in [0.1, 0.15) is 10.4 Å². The number of hydrogen-bond donors (Lipinski definition) is 1. The summed E-state index contributed by atoms with van der Waals surface area (Å²) in [7, 11) is 1.23. The molecule has 0 aromatic heterocycles. The maximum absolute atomic E-state index is 13.1. The van der Waals surface area contributed by atoms with E-state index in [2.05, 4.69) is 10.1 Å². The minimum Gasteiger partial charge on any atom is -0.493 e. The molecule has 0 aliphatic heterocycles. The molecule has 0 heterocycles. The van der Waals surface area contributed by atoms with Gasteiger partial charge in [-0.15, -0.1) is 0 Å². The molecule has 0 atom stereocenters. The molecule has 0 aliphatic rings. The van der Waals surface area contributed by atoms with E-state index < -0.39 is 24.2 Å². The molecule has 0 saturated carbocycles. The second kappa shape index (κ2) is 6.99. The first-order valence-corrected chi connectivity index (χ1v) is 6.30. The zero-order valence-corrected chi connectivity index (χ0v) is 11.8. The van der Waals surface area contributed by atoms with Gasteiger partial charge in [-0.2, -0.15) is 8.78 Å². The molecular weight excluding hydrogens is 318 g/mol. The quantitative estimate of drug-likeness (QED) is 0.848. The van der Waals surface area contributed by atoms with Gasteiger partial charge in [-0.1, -0.05) is 0 Å². The van der Waals surface area contributed by atoms with Crippen LogP contribution in [-0.4, -0.2) is 19.6 Å². The highest BCUT2D eigenvalue weighted by Crippen LogP contribution is 2.29. The van der Waals surface area contributed by atoms with E-state index in [1.807, 2.05) is 0 Å². The Morgan fingerprint density at radius 3 is 2.39 bits per heavy atom. The first kappa shape index (κ1) is 16.6. The Morgan fingerprint density at radius 2 is 1.78 bits per heavy atom. The number of hydrogen-bond acceptors (Lipinski definition) is 3. The lowest BCUT2D eigenvalue weighted by Gasteiger charge is -2.11. The molecule has 1 amide bonds. The Morgan fingerprint density at radius 1 is 1.04 bits per heavy atom. The van der Waals surface area contributed by atoms with Crippen LogP contribution in [0.25, 0.3) is 0 Å². The van der Waals surface area contributed by atoms with Gasteiger partial charge in [0.1, 0.15) is 0 Å². The lowest BCUT2D eigenvalue weighted by atomic mass is 10.2. The van der Waals surface area contributed by atoms with Crippen LogP contribution >= 0.6 is 0 Å². The number of carbonyl (C=O) groups is 1. The van der Waals surface area contributed by atoms with E-state index in [0.29, 0.717) is 0 Å². The van der Waals surface area contributed by atoms with Crippen LogP contribution in [0.2, 0.25) is 0 Å². The highest BCUT2D eigenvalue weighted by molar-refractivity contribution is 6.04. The number of carbonyl (C=O) groups excluding carboxylic acids is 1. The summed E-state index contributed by atoms with van der Waals surface area (Å²) < 4.78 is 59.5. The third-order valence-electron chi connectivity index (χ3n) is 2.82. The first-order valence-electron chi connectivity index (χ1n) is 6.30. The van der Waals surface area contributed by atoms with Crippen LogP contribution < -0.4 is 14.8 Å². The number of benzene rings is 2. The molecule has 2 rings (SSSR count). The first-order chi connectivity index (χ1) is 10.9. The van der Waals surface area contributed by atoms with Gasteiger partial charge in [-0.25, -0.2) is 8.78 Å². The van der Waals surface area contributed by atoms with E-state index >= 15 is 0 Å². The van der Waals surface area contributed by atoms with Gasteiger partial charge in [-0.05, 0) is 30.3 Å². The summed E-state index contributed by atoms with van der Waals surface area (Å²) in [5.74, 6) is -3.10. The molecule has 4 nitrogen and oxygen atoms in total. The minimum atomic E-state index is -3.04. The number of ether oxygens (including phenoxy) is 2. The molecule has 0 unspecified atom stereocenters. The second-order valence-corrected chi connectivity index (χ2v) is 4.33. The summed E-state index contributed by atoms with van der Waals surface area (Å²) in [6.45, 7) is -3.04. The van der Waals surface area contributed by atoms with Crippen LogP contribution in [0.4, 0.5) is 23.2 Å². The standard InChI is InChI=1S/C15H11F4NO3/c1-22-13-6-8(2-5-12(13)23-15(18)19)14(21)20-9-3-4-10(16)11(17)7-9/h2-7,15H,1H3,(H,20,21). The van der Waals surface area contributed by atoms with E-state index in [1.165, 1.54) is 25.3 Å². The van der Waals surface area contributed by atoms with E-state index in [0.717, 1.165) is 18.2 Å². The monoisotopic (exact) mass is 329 g/mol. The van der Waals surface area contributed by atoms with Crippen LogP contribution in [-0.2, 0) is 0 Å². The summed E-state index contributed by atoms with van der Waals surface area (Å²) in [6, 6.07) is 6.43. The van der Waals surface area contributed by atoms with Crippen molar-refractivity contribution in [3.63, 3.8) is 0 Å². The van der Waals surface area contributed by atoms with Crippen molar-refractivity contribution in [2.45, 2.75) is 6.61 Å². The smallest absolute Gasteiger partial charge is 0.387 e. The Hall–Kier alpha value is -2.77.